The molecule has 2 rings (SSSR count). The lowest BCUT2D eigenvalue weighted by Gasteiger charge is -2.25. The van der Waals surface area contributed by atoms with Crippen LogP contribution in [0, 0.1) is 13.8 Å². The Bertz CT molecular complexity index is 987. The van der Waals surface area contributed by atoms with Gasteiger partial charge in [-0.15, -0.1) is 0 Å². The van der Waals surface area contributed by atoms with Gasteiger partial charge < -0.3 is 10.4 Å². The molecule has 1 amide bonds. The summed E-state index contributed by atoms with van der Waals surface area (Å²) < 4.78 is 23.2. The zero-order valence-corrected chi connectivity index (χ0v) is 16.1. The van der Waals surface area contributed by atoms with Crippen molar-refractivity contribution in [2.24, 2.45) is 5.14 Å². The minimum Gasteiger partial charge on any atom is -0.481 e. The Kier molecular flexibility index (Phi) is 5.72. The smallest absolute Gasteiger partial charge is 0.314 e. The van der Waals surface area contributed by atoms with E-state index in [4.69, 9.17) is 5.14 Å². The van der Waals surface area contributed by atoms with Crippen LogP contribution < -0.4 is 10.5 Å². The minimum atomic E-state index is -3.94. The molecule has 0 saturated carbocycles. The number of carbonyl (C=O) groups excluding carboxylic acids is 1. The van der Waals surface area contributed by atoms with Gasteiger partial charge in [-0.25, -0.2) is 13.6 Å². The van der Waals surface area contributed by atoms with Crippen LogP contribution in [0.5, 0.6) is 0 Å². The van der Waals surface area contributed by atoms with E-state index in [0.29, 0.717) is 16.7 Å². The highest BCUT2D eigenvalue weighted by atomic mass is 32.2. The molecule has 0 spiro atoms. The molecule has 0 aliphatic rings. The highest BCUT2D eigenvalue weighted by Gasteiger charge is 2.37. The number of aliphatic carboxylic acids is 1. The summed E-state index contributed by atoms with van der Waals surface area (Å²) in [4.78, 5) is 24.3. The fourth-order valence-corrected chi connectivity index (χ4v) is 3.37. The Balaban J connectivity index is 2.34. The van der Waals surface area contributed by atoms with Crippen molar-refractivity contribution in [1.82, 2.24) is 0 Å². The molecule has 0 aliphatic carbocycles. The first-order valence-electron chi connectivity index (χ1n) is 8.18. The van der Waals surface area contributed by atoms with E-state index in [1.54, 1.807) is 44.2 Å². The predicted molar refractivity (Wildman–Crippen MR) is 102 cm³/mol. The number of hydrogen-bond donors (Lipinski definition) is 3. The molecular formula is C19H22N2O5S. The maximum atomic E-state index is 12.6. The number of aryl methyl sites for hydroxylation is 1. The average Bonchev–Trinajstić information content (AvgIpc) is 2.58. The maximum Gasteiger partial charge on any atom is 0.314 e. The number of hydrogen-bond acceptors (Lipinski definition) is 4. The van der Waals surface area contributed by atoms with E-state index in [1.165, 1.54) is 19.1 Å². The summed E-state index contributed by atoms with van der Waals surface area (Å²) in [7, 11) is -3.94. The van der Waals surface area contributed by atoms with E-state index >= 15 is 0 Å². The number of primary sulfonamides is 1. The van der Waals surface area contributed by atoms with Crippen molar-refractivity contribution in [3.8, 4) is 0 Å². The van der Waals surface area contributed by atoms with E-state index in [0.717, 1.165) is 0 Å². The molecule has 4 N–H and O–H groups in total. The minimum absolute atomic E-state index is 0.120. The molecule has 0 radical (unpaired) electrons. The lowest BCUT2D eigenvalue weighted by molar-refractivity contribution is -0.145. The van der Waals surface area contributed by atoms with E-state index in [9.17, 15) is 23.1 Å². The van der Waals surface area contributed by atoms with Gasteiger partial charge in [0.15, 0.2) is 0 Å². The van der Waals surface area contributed by atoms with Crippen LogP contribution in [-0.4, -0.2) is 25.4 Å². The van der Waals surface area contributed by atoms with Crippen LogP contribution in [0.1, 0.15) is 30.0 Å². The van der Waals surface area contributed by atoms with Crippen LogP contribution in [0.15, 0.2) is 47.4 Å². The predicted octanol–water partition coefficient (Wildman–Crippen LogP) is 2.32. The third-order valence-corrected chi connectivity index (χ3v) is 5.53. The van der Waals surface area contributed by atoms with Gasteiger partial charge in [-0.3, -0.25) is 9.59 Å². The van der Waals surface area contributed by atoms with Crippen molar-refractivity contribution >= 4 is 27.6 Å². The second kappa shape index (κ2) is 7.50. The van der Waals surface area contributed by atoms with Gasteiger partial charge in [0.1, 0.15) is 0 Å². The number of nitrogens with two attached hydrogens (primary N) is 1. The Hall–Kier alpha value is -2.71. The Morgan fingerprint density at radius 2 is 1.74 bits per heavy atom. The maximum absolute atomic E-state index is 12.6. The average molecular weight is 390 g/mol. The molecule has 8 heteroatoms. The monoisotopic (exact) mass is 390 g/mol. The summed E-state index contributed by atoms with van der Waals surface area (Å²) in [5.74, 6) is -1.67. The van der Waals surface area contributed by atoms with Gasteiger partial charge in [-0.2, -0.15) is 0 Å². The van der Waals surface area contributed by atoms with Crippen molar-refractivity contribution in [1.29, 1.82) is 0 Å². The first-order valence-corrected chi connectivity index (χ1v) is 9.72. The Morgan fingerprint density at radius 3 is 2.26 bits per heavy atom. The van der Waals surface area contributed by atoms with Gasteiger partial charge in [0.2, 0.25) is 15.9 Å². The van der Waals surface area contributed by atoms with E-state index in [1.807, 2.05) is 0 Å². The molecule has 0 heterocycles. The summed E-state index contributed by atoms with van der Waals surface area (Å²) in [6, 6.07) is 11.2. The lowest BCUT2D eigenvalue weighted by Crippen LogP contribution is -2.36. The number of carboxylic acid groups (broad SMARTS) is 1. The fourth-order valence-electron chi connectivity index (χ4n) is 2.74. The zero-order valence-electron chi connectivity index (χ0n) is 15.3. The van der Waals surface area contributed by atoms with Crippen LogP contribution in [0.3, 0.4) is 0 Å². The topological polar surface area (TPSA) is 127 Å². The number of anilines is 1. The second-order valence-corrected chi connectivity index (χ2v) is 8.25. The van der Waals surface area contributed by atoms with Crippen molar-refractivity contribution in [3.63, 3.8) is 0 Å². The molecule has 0 bridgehead atoms. The number of benzene rings is 2. The lowest BCUT2D eigenvalue weighted by atomic mass is 9.79. The van der Waals surface area contributed by atoms with Crippen LogP contribution in [-0.2, 0) is 25.0 Å². The number of carboxylic acids is 1. The number of sulfonamides is 1. The summed E-state index contributed by atoms with van der Waals surface area (Å²) in [6.07, 6.45) is -0.315. The van der Waals surface area contributed by atoms with Gasteiger partial charge in [0.05, 0.1) is 10.3 Å². The van der Waals surface area contributed by atoms with Gasteiger partial charge >= 0.3 is 5.97 Å². The fraction of sp³-hybridized carbons (Fsp3) is 0.263. The standard InChI is InChI=1S/C19H22N2O5S/c1-12-9-15(27(20,25)26)10-16(13(12)2)21-17(22)11-19(3,18(23)24)14-7-5-4-6-8-14/h4-10H,11H2,1-3H3,(H,21,22)(H,23,24)(H2,20,25,26). The molecule has 1 unspecified atom stereocenters. The van der Waals surface area contributed by atoms with Crippen molar-refractivity contribution in [3.05, 3.63) is 59.2 Å². The highest BCUT2D eigenvalue weighted by molar-refractivity contribution is 7.89. The molecule has 0 aromatic heterocycles. The molecule has 7 nitrogen and oxygen atoms in total. The summed E-state index contributed by atoms with van der Waals surface area (Å²) in [6.45, 7) is 4.90. The first kappa shape index (κ1) is 20.6. The molecule has 0 saturated heterocycles. The second-order valence-electron chi connectivity index (χ2n) is 6.69. The number of amides is 1. The molecule has 2 aromatic carbocycles. The van der Waals surface area contributed by atoms with Crippen molar-refractivity contribution in [2.75, 3.05) is 5.32 Å². The molecular weight excluding hydrogens is 368 g/mol. The number of nitrogens with one attached hydrogen (secondary N) is 1. The molecule has 1 atom stereocenters. The largest absolute Gasteiger partial charge is 0.481 e. The SMILES string of the molecule is Cc1cc(S(N)(=O)=O)cc(NC(=O)CC(C)(C(=O)O)c2ccccc2)c1C. The number of carbonyl (C=O) groups is 2. The first-order chi connectivity index (χ1) is 12.4. The van der Waals surface area contributed by atoms with Gasteiger partial charge in [0.25, 0.3) is 0 Å². The Labute approximate surface area is 158 Å². The van der Waals surface area contributed by atoms with Gasteiger partial charge in [-0.05, 0) is 49.6 Å². The van der Waals surface area contributed by atoms with Crippen molar-refractivity contribution in [2.45, 2.75) is 37.5 Å². The summed E-state index contributed by atoms with van der Waals surface area (Å²) >= 11 is 0. The zero-order chi connectivity index (χ0) is 20.4. The quantitative estimate of drug-likeness (QED) is 0.698. The van der Waals surface area contributed by atoms with Crippen LogP contribution in [0.2, 0.25) is 0 Å². The van der Waals surface area contributed by atoms with Crippen LogP contribution in [0.4, 0.5) is 5.69 Å². The third-order valence-electron chi connectivity index (χ3n) is 4.64. The Morgan fingerprint density at radius 1 is 1.15 bits per heavy atom. The van der Waals surface area contributed by atoms with Gasteiger partial charge in [0, 0.05) is 12.1 Å². The normalized spacial score (nSPS) is 13.6. The molecule has 144 valence electrons. The molecule has 27 heavy (non-hydrogen) atoms. The molecule has 0 aliphatic heterocycles. The summed E-state index contributed by atoms with van der Waals surface area (Å²) in [5, 5.41) is 17.5. The van der Waals surface area contributed by atoms with E-state index < -0.39 is 27.3 Å². The summed E-state index contributed by atoms with van der Waals surface area (Å²) in [5.41, 5.74) is 0.670. The van der Waals surface area contributed by atoms with Crippen LogP contribution >= 0.6 is 0 Å². The number of rotatable bonds is 6. The van der Waals surface area contributed by atoms with E-state index in [2.05, 4.69) is 5.32 Å². The van der Waals surface area contributed by atoms with Gasteiger partial charge in [-0.1, -0.05) is 30.3 Å². The molecule has 0 fully saturated rings. The highest BCUT2D eigenvalue weighted by Crippen LogP contribution is 2.30. The third kappa shape index (κ3) is 4.53. The molecule has 2 aromatic rings. The van der Waals surface area contributed by atoms with Crippen LogP contribution in [0.25, 0.3) is 0 Å². The van der Waals surface area contributed by atoms with Crippen molar-refractivity contribution < 1.29 is 23.1 Å². The van der Waals surface area contributed by atoms with E-state index in [-0.39, 0.29) is 17.0 Å².